The normalized spacial score (nSPS) is 14.2. The van der Waals surface area contributed by atoms with E-state index in [4.69, 9.17) is 16.4 Å². The Kier molecular flexibility index (Phi) is 1.84. The topological polar surface area (TPSA) is 23.3 Å². The maximum Gasteiger partial charge on any atom is 0.306 e. The quantitative estimate of drug-likeness (QED) is 0.647. The Labute approximate surface area is 75.1 Å². The number of rotatable bonds is 1. The van der Waals surface area contributed by atoms with Crippen LogP contribution in [0.15, 0.2) is 30.3 Å². The number of hydrogen-bond donors (Lipinski definition) is 0. The molecule has 12 heavy (non-hydrogen) atoms. The van der Waals surface area contributed by atoms with Crippen molar-refractivity contribution >= 4 is 23.6 Å². The van der Waals surface area contributed by atoms with E-state index in [9.17, 15) is 0 Å². The third-order valence-corrected chi connectivity index (χ3v) is 1.82. The highest BCUT2D eigenvalue weighted by atomic mass is 35.5. The molecule has 1 aliphatic rings. The standard InChI is InChI=1S/C9H6ClNO/c10-8-3-1-7(2-4-8)9-5-6-11-12-9/h1-6H/q+1. The van der Waals surface area contributed by atoms with Crippen molar-refractivity contribution in [2.75, 3.05) is 0 Å². The fourth-order valence-electron chi connectivity index (χ4n) is 0.979. The Hall–Kier alpha value is -1.28. The molecule has 0 aromatic heterocycles. The lowest BCUT2D eigenvalue weighted by Crippen LogP contribution is -1.86. The van der Waals surface area contributed by atoms with Crippen molar-refractivity contribution in [3.8, 4) is 0 Å². The molecule has 0 amide bonds. The summed E-state index contributed by atoms with van der Waals surface area (Å²) in [7, 11) is 0. The van der Waals surface area contributed by atoms with Gasteiger partial charge in [0.2, 0.25) is 5.76 Å². The van der Waals surface area contributed by atoms with Crippen molar-refractivity contribution in [2.45, 2.75) is 0 Å². The fourth-order valence-corrected chi connectivity index (χ4v) is 1.10. The van der Waals surface area contributed by atoms with Crippen LogP contribution >= 0.6 is 11.6 Å². The van der Waals surface area contributed by atoms with E-state index in [2.05, 4.69) is 5.16 Å². The van der Waals surface area contributed by atoms with Crippen molar-refractivity contribution in [3.63, 3.8) is 0 Å². The van der Waals surface area contributed by atoms with Gasteiger partial charge < -0.3 is 0 Å². The number of oxime groups is 1. The number of allylic oxidation sites excluding steroid dienone is 1. The van der Waals surface area contributed by atoms with Gasteiger partial charge in [-0.3, -0.25) is 0 Å². The second-order valence-electron chi connectivity index (χ2n) is 2.38. The van der Waals surface area contributed by atoms with Crippen molar-refractivity contribution in [2.24, 2.45) is 0 Å². The molecule has 3 heteroatoms. The molecule has 59 valence electrons. The molecule has 2 nitrogen and oxygen atoms in total. The summed E-state index contributed by atoms with van der Waals surface area (Å²) in [5.41, 5.74) is 0.983. The number of halogens is 1. The number of hydrogen-bond acceptors (Lipinski definition) is 2. The smallest absolute Gasteiger partial charge is 0.171 e. The van der Waals surface area contributed by atoms with E-state index in [0.717, 1.165) is 16.3 Å². The Morgan fingerprint density at radius 3 is 2.50 bits per heavy atom. The van der Waals surface area contributed by atoms with E-state index >= 15 is 0 Å². The second-order valence-corrected chi connectivity index (χ2v) is 2.82. The van der Waals surface area contributed by atoms with Crippen LogP contribution in [0.3, 0.4) is 0 Å². The second kappa shape index (κ2) is 2.99. The summed E-state index contributed by atoms with van der Waals surface area (Å²) in [6.07, 6.45) is 3.42. The SMILES string of the molecule is Clc1ccc(C2=CC=[N+]O2)cc1. The molecule has 0 atom stereocenters. The van der Waals surface area contributed by atoms with E-state index in [1.54, 1.807) is 6.21 Å². The molecule has 1 aliphatic heterocycles. The predicted octanol–water partition coefficient (Wildman–Crippen LogP) is 2.03. The van der Waals surface area contributed by atoms with Gasteiger partial charge >= 0.3 is 6.21 Å². The highest BCUT2D eigenvalue weighted by Gasteiger charge is 2.13. The van der Waals surface area contributed by atoms with Crippen LogP contribution < -0.4 is 5.16 Å². The molecule has 0 aliphatic carbocycles. The van der Waals surface area contributed by atoms with E-state index < -0.39 is 0 Å². The molecule has 1 heterocycles. The minimum atomic E-state index is 0.721. The molecular weight excluding hydrogens is 174 g/mol. The molecule has 0 N–H and O–H groups in total. The molecule has 0 fully saturated rings. The molecular formula is C9H6ClNO+. The molecule has 2 rings (SSSR count). The van der Waals surface area contributed by atoms with Crippen molar-refractivity contribution in [3.05, 3.63) is 40.9 Å². The molecule has 1 aromatic carbocycles. The van der Waals surface area contributed by atoms with E-state index in [-0.39, 0.29) is 0 Å². The van der Waals surface area contributed by atoms with Gasteiger partial charge in [0.1, 0.15) is 0 Å². The summed E-state index contributed by atoms with van der Waals surface area (Å²) in [5, 5.41) is 4.33. The van der Waals surface area contributed by atoms with Gasteiger partial charge in [-0.05, 0) is 24.3 Å². The van der Waals surface area contributed by atoms with Gasteiger partial charge in [-0.25, -0.2) is 0 Å². The molecule has 0 spiro atoms. The van der Waals surface area contributed by atoms with Crippen LogP contribution in [0.5, 0.6) is 0 Å². The molecule has 0 saturated heterocycles. The summed E-state index contributed by atoms with van der Waals surface area (Å²) in [6, 6.07) is 7.42. The first-order valence-corrected chi connectivity index (χ1v) is 3.91. The van der Waals surface area contributed by atoms with Crippen LogP contribution in [-0.2, 0) is 4.84 Å². The van der Waals surface area contributed by atoms with Gasteiger partial charge in [0.15, 0.2) is 0 Å². The van der Waals surface area contributed by atoms with Crippen LogP contribution in [0.4, 0.5) is 0 Å². The van der Waals surface area contributed by atoms with Gasteiger partial charge in [-0.2, -0.15) is 4.84 Å². The van der Waals surface area contributed by atoms with E-state index in [0.29, 0.717) is 0 Å². The molecule has 1 aromatic rings. The van der Waals surface area contributed by atoms with Gasteiger partial charge in [0.05, 0.1) is 6.08 Å². The summed E-state index contributed by atoms with van der Waals surface area (Å²) in [6.45, 7) is 0. The van der Waals surface area contributed by atoms with Gasteiger partial charge in [-0.15, -0.1) is 0 Å². The van der Waals surface area contributed by atoms with Gasteiger partial charge in [0.25, 0.3) is 5.16 Å². The molecule has 1 radical (unpaired) electrons. The maximum atomic E-state index is 5.73. The van der Waals surface area contributed by atoms with Crippen molar-refractivity contribution in [1.29, 1.82) is 0 Å². The van der Waals surface area contributed by atoms with E-state index in [1.165, 1.54) is 0 Å². The molecule has 0 bridgehead atoms. The highest BCUT2D eigenvalue weighted by molar-refractivity contribution is 6.30. The summed E-state index contributed by atoms with van der Waals surface area (Å²) in [4.78, 5) is 4.97. The highest BCUT2D eigenvalue weighted by Crippen LogP contribution is 2.18. The lowest BCUT2D eigenvalue weighted by Gasteiger charge is -1.94. The Morgan fingerprint density at radius 1 is 1.17 bits per heavy atom. The largest absolute Gasteiger partial charge is 0.306 e. The fraction of sp³-hybridized carbons (Fsp3) is 0. The minimum Gasteiger partial charge on any atom is -0.171 e. The maximum absolute atomic E-state index is 5.73. The zero-order chi connectivity index (χ0) is 8.39. The van der Waals surface area contributed by atoms with Crippen LogP contribution in [0, 0.1) is 0 Å². The Balaban J connectivity index is 2.30. The van der Waals surface area contributed by atoms with Crippen LogP contribution in [0.25, 0.3) is 5.76 Å². The first-order chi connectivity index (χ1) is 5.86. The predicted molar refractivity (Wildman–Crippen MR) is 48.7 cm³/mol. The van der Waals surface area contributed by atoms with Gasteiger partial charge in [0, 0.05) is 10.6 Å². The van der Waals surface area contributed by atoms with Crippen LogP contribution in [0.1, 0.15) is 5.56 Å². The first-order valence-electron chi connectivity index (χ1n) is 3.53. The Morgan fingerprint density at radius 2 is 1.92 bits per heavy atom. The van der Waals surface area contributed by atoms with Crippen LogP contribution in [-0.4, -0.2) is 6.21 Å². The average Bonchev–Trinajstić information content (AvgIpc) is 2.58. The van der Waals surface area contributed by atoms with Crippen molar-refractivity contribution < 1.29 is 4.84 Å². The zero-order valence-corrected chi connectivity index (χ0v) is 6.95. The third kappa shape index (κ3) is 1.34. The average molecular weight is 180 g/mol. The summed E-state index contributed by atoms with van der Waals surface area (Å²) >= 11 is 5.73. The third-order valence-electron chi connectivity index (χ3n) is 1.57. The first kappa shape index (κ1) is 7.37. The summed E-state index contributed by atoms with van der Waals surface area (Å²) < 4.78 is 0. The lowest BCUT2D eigenvalue weighted by molar-refractivity contribution is 0.249. The number of nitrogens with zero attached hydrogens (tertiary/aromatic N) is 1. The zero-order valence-electron chi connectivity index (χ0n) is 6.20. The minimum absolute atomic E-state index is 0.721. The lowest BCUT2D eigenvalue weighted by atomic mass is 10.2. The van der Waals surface area contributed by atoms with Gasteiger partial charge in [-0.1, -0.05) is 11.6 Å². The van der Waals surface area contributed by atoms with Crippen LogP contribution in [0.2, 0.25) is 5.02 Å². The summed E-state index contributed by atoms with van der Waals surface area (Å²) in [5.74, 6) is 0.756. The Bertz CT molecular complexity index is 340. The van der Waals surface area contributed by atoms with Crippen molar-refractivity contribution in [1.82, 2.24) is 5.16 Å². The molecule has 0 saturated carbocycles. The molecule has 0 unspecified atom stereocenters. The monoisotopic (exact) mass is 179 g/mol. The van der Waals surface area contributed by atoms with E-state index in [1.807, 2.05) is 30.3 Å². The number of benzene rings is 1.